The van der Waals surface area contributed by atoms with Crippen molar-refractivity contribution in [1.29, 1.82) is 0 Å². The average Bonchev–Trinajstić information content (AvgIpc) is 3.05. The topological polar surface area (TPSA) is 77.2 Å². The van der Waals surface area contributed by atoms with Crippen LogP contribution in [0.2, 0.25) is 0 Å². The van der Waals surface area contributed by atoms with Crippen molar-refractivity contribution in [2.75, 3.05) is 0 Å². The Bertz CT molecular complexity index is 743. The van der Waals surface area contributed by atoms with Crippen LogP contribution in [0.15, 0.2) is 33.9 Å². The summed E-state index contributed by atoms with van der Waals surface area (Å²) in [7, 11) is 0. The van der Waals surface area contributed by atoms with E-state index in [1.54, 1.807) is 12.1 Å². The summed E-state index contributed by atoms with van der Waals surface area (Å²) < 4.78 is 24.0. The van der Waals surface area contributed by atoms with Gasteiger partial charge in [-0.3, -0.25) is 0 Å². The van der Waals surface area contributed by atoms with Crippen LogP contribution in [-0.2, 0) is 10.5 Å². The molecule has 0 aliphatic heterocycles. The van der Waals surface area contributed by atoms with Gasteiger partial charge in [-0.05, 0) is 44.4 Å². The van der Waals surface area contributed by atoms with E-state index in [-0.39, 0.29) is 11.7 Å². The fourth-order valence-corrected chi connectivity index (χ4v) is 2.97. The molecule has 1 heterocycles. The quantitative estimate of drug-likeness (QED) is 0.656. The van der Waals surface area contributed by atoms with Crippen LogP contribution in [-0.4, -0.2) is 21.9 Å². The van der Waals surface area contributed by atoms with Crippen molar-refractivity contribution in [1.82, 2.24) is 15.5 Å². The van der Waals surface area contributed by atoms with Crippen LogP contribution in [0.4, 0.5) is 9.18 Å². The first-order valence-electron chi connectivity index (χ1n) is 8.88. The van der Waals surface area contributed by atoms with Crippen LogP contribution in [0, 0.1) is 11.7 Å². The molecular weight excluding hydrogens is 369 g/mol. The minimum absolute atomic E-state index is 0.0907. The summed E-state index contributed by atoms with van der Waals surface area (Å²) in [5, 5.41) is 11.4. The highest BCUT2D eigenvalue weighted by atomic mass is 32.2. The van der Waals surface area contributed by atoms with E-state index in [1.807, 2.05) is 34.6 Å². The molecule has 8 heteroatoms. The molecule has 0 saturated heterocycles. The minimum Gasteiger partial charge on any atom is -0.444 e. The summed E-state index contributed by atoms with van der Waals surface area (Å²) in [6.07, 6.45) is 0.299. The lowest BCUT2D eigenvalue weighted by atomic mass is 9.99. The summed E-state index contributed by atoms with van der Waals surface area (Å²) in [5.74, 6) is 0.744. The molecule has 0 aliphatic carbocycles. The molecule has 1 aromatic carbocycles. The number of nitrogens with zero attached hydrogens (tertiary/aromatic N) is 2. The number of aromatic nitrogens is 2. The van der Waals surface area contributed by atoms with E-state index < -0.39 is 17.7 Å². The largest absolute Gasteiger partial charge is 0.444 e. The van der Waals surface area contributed by atoms with Crippen molar-refractivity contribution >= 4 is 17.9 Å². The van der Waals surface area contributed by atoms with Crippen molar-refractivity contribution in [3.05, 3.63) is 41.5 Å². The molecule has 1 unspecified atom stereocenters. The Kier molecular flexibility index (Phi) is 7.24. The highest BCUT2D eigenvalue weighted by Gasteiger charge is 2.28. The van der Waals surface area contributed by atoms with Gasteiger partial charge in [0.25, 0.3) is 5.22 Å². The molecule has 2 aromatic rings. The van der Waals surface area contributed by atoms with Crippen LogP contribution >= 0.6 is 11.8 Å². The number of ether oxygens (including phenoxy) is 1. The fraction of sp³-hybridized carbons (Fsp3) is 0.526. The van der Waals surface area contributed by atoms with Gasteiger partial charge in [-0.1, -0.05) is 44.2 Å². The number of benzene rings is 1. The molecule has 1 amide bonds. The third kappa shape index (κ3) is 6.86. The number of alkyl carbamates (subject to hydrolysis) is 1. The first-order valence-corrected chi connectivity index (χ1v) is 9.86. The summed E-state index contributed by atoms with van der Waals surface area (Å²) in [4.78, 5) is 12.1. The highest BCUT2D eigenvalue weighted by molar-refractivity contribution is 7.98. The predicted molar refractivity (Wildman–Crippen MR) is 102 cm³/mol. The van der Waals surface area contributed by atoms with E-state index in [1.165, 1.54) is 23.9 Å². The van der Waals surface area contributed by atoms with Gasteiger partial charge in [-0.25, -0.2) is 9.18 Å². The van der Waals surface area contributed by atoms with Gasteiger partial charge >= 0.3 is 6.09 Å². The standard InChI is InChI=1S/C19H26FN3O3S/c1-6-12(2)15(21-17(24)26-19(3,4)5)16-22-23-18(25-16)27-11-13-7-9-14(20)10-8-13/h7-10,12,15H,6,11H2,1-5H3,(H,21,24)/t12?,15-/m1/s1. The number of hydrogen-bond acceptors (Lipinski definition) is 6. The second-order valence-electron chi connectivity index (χ2n) is 7.33. The molecule has 2 atom stereocenters. The Morgan fingerprint density at radius 2 is 1.96 bits per heavy atom. The summed E-state index contributed by atoms with van der Waals surface area (Å²) in [6, 6.07) is 5.83. The van der Waals surface area contributed by atoms with Crippen molar-refractivity contribution < 1.29 is 18.3 Å². The normalized spacial score (nSPS) is 13.9. The maximum atomic E-state index is 13.0. The number of amides is 1. The van der Waals surface area contributed by atoms with Crippen LogP contribution in [0.5, 0.6) is 0 Å². The van der Waals surface area contributed by atoms with E-state index in [9.17, 15) is 9.18 Å². The molecular formula is C19H26FN3O3S. The zero-order valence-electron chi connectivity index (χ0n) is 16.3. The number of halogens is 1. The van der Waals surface area contributed by atoms with Gasteiger partial charge in [0.15, 0.2) is 0 Å². The molecule has 27 heavy (non-hydrogen) atoms. The molecule has 0 bridgehead atoms. The molecule has 148 valence electrons. The Labute approximate surface area is 163 Å². The molecule has 0 spiro atoms. The first-order chi connectivity index (χ1) is 12.7. The SMILES string of the molecule is CCC(C)[C@@H](NC(=O)OC(C)(C)C)c1nnc(SCc2ccc(F)cc2)o1. The van der Waals surface area contributed by atoms with Gasteiger partial charge in [0.05, 0.1) is 0 Å². The van der Waals surface area contributed by atoms with Crippen molar-refractivity contribution in [2.45, 2.75) is 63.7 Å². The fourth-order valence-electron chi connectivity index (χ4n) is 2.25. The molecule has 6 nitrogen and oxygen atoms in total. The van der Waals surface area contributed by atoms with E-state index in [0.29, 0.717) is 16.9 Å². The molecule has 1 N–H and O–H groups in total. The lowest BCUT2D eigenvalue weighted by molar-refractivity contribution is 0.0473. The van der Waals surface area contributed by atoms with Gasteiger partial charge in [-0.15, -0.1) is 10.2 Å². The highest BCUT2D eigenvalue weighted by Crippen LogP contribution is 2.28. The van der Waals surface area contributed by atoms with E-state index >= 15 is 0 Å². The summed E-state index contributed by atoms with van der Waals surface area (Å²) in [6.45, 7) is 9.44. The molecule has 0 radical (unpaired) electrons. The Morgan fingerprint density at radius 3 is 2.56 bits per heavy atom. The summed E-state index contributed by atoms with van der Waals surface area (Å²) in [5.41, 5.74) is 0.362. The predicted octanol–water partition coefficient (Wildman–Crippen LogP) is 5.11. The third-order valence-electron chi connectivity index (χ3n) is 3.85. The van der Waals surface area contributed by atoms with E-state index in [0.717, 1.165) is 12.0 Å². The second-order valence-corrected chi connectivity index (χ2v) is 8.26. The maximum absolute atomic E-state index is 13.0. The lowest BCUT2D eigenvalue weighted by Gasteiger charge is -2.24. The molecule has 0 saturated carbocycles. The van der Waals surface area contributed by atoms with Crippen LogP contribution in [0.1, 0.15) is 58.5 Å². The zero-order valence-corrected chi connectivity index (χ0v) is 17.1. The second kappa shape index (κ2) is 9.21. The van der Waals surface area contributed by atoms with Crippen LogP contribution in [0.3, 0.4) is 0 Å². The molecule has 2 rings (SSSR count). The van der Waals surface area contributed by atoms with Gasteiger partial charge in [0, 0.05) is 5.75 Å². The number of nitrogens with one attached hydrogen (secondary N) is 1. The van der Waals surface area contributed by atoms with Crippen molar-refractivity contribution in [3.8, 4) is 0 Å². The number of carbonyl (C=O) groups is 1. The monoisotopic (exact) mass is 395 g/mol. The Balaban J connectivity index is 2.04. The van der Waals surface area contributed by atoms with E-state index in [2.05, 4.69) is 15.5 Å². The minimum atomic E-state index is -0.588. The number of rotatable bonds is 7. The first kappa shape index (κ1) is 21.2. The van der Waals surface area contributed by atoms with Gasteiger partial charge < -0.3 is 14.5 Å². The lowest BCUT2D eigenvalue weighted by Crippen LogP contribution is -2.37. The number of carbonyl (C=O) groups excluding carboxylic acids is 1. The van der Waals surface area contributed by atoms with Gasteiger partial charge in [0.1, 0.15) is 17.5 Å². The Morgan fingerprint density at radius 1 is 1.30 bits per heavy atom. The third-order valence-corrected chi connectivity index (χ3v) is 4.74. The van der Waals surface area contributed by atoms with Crippen molar-refractivity contribution in [2.24, 2.45) is 5.92 Å². The van der Waals surface area contributed by atoms with Crippen LogP contribution in [0.25, 0.3) is 0 Å². The number of thioether (sulfide) groups is 1. The molecule has 0 aliphatic rings. The van der Waals surface area contributed by atoms with E-state index in [4.69, 9.17) is 9.15 Å². The average molecular weight is 396 g/mol. The van der Waals surface area contributed by atoms with Gasteiger partial charge in [-0.2, -0.15) is 0 Å². The molecule has 0 fully saturated rings. The van der Waals surface area contributed by atoms with Crippen LogP contribution < -0.4 is 5.32 Å². The van der Waals surface area contributed by atoms with Crippen molar-refractivity contribution in [3.63, 3.8) is 0 Å². The van der Waals surface area contributed by atoms with Gasteiger partial charge in [0.2, 0.25) is 5.89 Å². The zero-order chi connectivity index (χ0) is 20.0. The smallest absolute Gasteiger partial charge is 0.408 e. The maximum Gasteiger partial charge on any atom is 0.408 e. The molecule has 1 aromatic heterocycles. The summed E-state index contributed by atoms with van der Waals surface area (Å²) >= 11 is 1.36. The Hall–Kier alpha value is -2.09. The number of hydrogen-bond donors (Lipinski definition) is 1.